The van der Waals surface area contributed by atoms with Crippen molar-refractivity contribution in [3.05, 3.63) is 102 Å². The van der Waals surface area contributed by atoms with Gasteiger partial charge in [-0.05, 0) is 30.2 Å². The number of hydrogen-bond donors (Lipinski definition) is 2. The fraction of sp³-hybridized carbons (Fsp3) is 0.0833. The summed E-state index contributed by atoms with van der Waals surface area (Å²) in [6, 6.07) is 24.5. The SMILES string of the molecule is CC(=O)Nc1ccccc1N/C(=C\C(=O)c1ccccc1C)c1ccccc1. The molecule has 28 heavy (non-hydrogen) atoms. The van der Waals surface area contributed by atoms with Crippen molar-refractivity contribution in [3.8, 4) is 0 Å². The average Bonchev–Trinajstić information content (AvgIpc) is 2.69. The van der Waals surface area contributed by atoms with Gasteiger partial charge in [-0.25, -0.2) is 0 Å². The lowest BCUT2D eigenvalue weighted by Crippen LogP contribution is -2.10. The fourth-order valence-corrected chi connectivity index (χ4v) is 2.90. The molecule has 4 heteroatoms. The van der Waals surface area contributed by atoms with Gasteiger partial charge < -0.3 is 10.6 Å². The number of nitrogens with one attached hydrogen (secondary N) is 2. The minimum atomic E-state index is -0.157. The predicted octanol–water partition coefficient (Wildman–Crippen LogP) is 5.29. The molecule has 140 valence electrons. The summed E-state index contributed by atoms with van der Waals surface area (Å²) in [5.41, 5.74) is 4.49. The maximum absolute atomic E-state index is 12.9. The second-order valence-electron chi connectivity index (χ2n) is 6.45. The van der Waals surface area contributed by atoms with E-state index in [2.05, 4.69) is 10.6 Å². The number of anilines is 2. The number of carbonyl (C=O) groups is 2. The van der Waals surface area contributed by atoms with Crippen LogP contribution in [0.15, 0.2) is 84.9 Å². The zero-order valence-electron chi connectivity index (χ0n) is 15.9. The number of amides is 1. The third kappa shape index (κ3) is 4.74. The molecule has 3 aromatic rings. The normalized spacial score (nSPS) is 11.0. The Kier molecular flexibility index (Phi) is 6.02. The first-order valence-corrected chi connectivity index (χ1v) is 9.05. The zero-order chi connectivity index (χ0) is 19.9. The molecule has 0 aliphatic carbocycles. The molecular formula is C24H22N2O2. The molecule has 0 radical (unpaired) electrons. The van der Waals surface area contributed by atoms with Crippen molar-refractivity contribution >= 4 is 28.8 Å². The van der Waals surface area contributed by atoms with E-state index in [1.54, 1.807) is 6.08 Å². The van der Waals surface area contributed by atoms with Crippen LogP contribution < -0.4 is 10.6 Å². The van der Waals surface area contributed by atoms with E-state index in [-0.39, 0.29) is 11.7 Å². The van der Waals surface area contributed by atoms with Gasteiger partial charge in [0.2, 0.25) is 5.91 Å². The van der Waals surface area contributed by atoms with Gasteiger partial charge >= 0.3 is 0 Å². The fourth-order valence-electron chi connectivity index (χ4n) is 2.90. The van der Waals surface area contributed by atoms with Crippen molar-refractivity contribution in [2.24, 2.45) is 0 Å². The van der Waals surface area contributed by atoms with E-state index in [4.69, 9.17) is 0 Å². The van der Waals surface area contributed by atoms with E-state index in [9.17, 15) is 9.59 Å². The minimum absolute atomic E-state index is 0.0820. The quantitative estimate of drug-likeness (QED) is 0.458. The van der Waals surface area contributed by atoms with Crippen LogP contribution in [0.2, 0.25) is 0 Å². The molecule has 3 aromatic carbocycles. The third-order valence-corrected chi connectivity index (χ3v) is 4.28. The lowest BCUT2D eigenvalue weighted by atomic mass is 10.0. The number of allylic oxidation sites excluding steroid dienone is 1. The molecule has 1 amide bonds. The highest BCUT2D eigenvalue weighted by Crippen LogP contribution is 2.26. The molecule has 0 aliphatic rings. The summed E-state index contributed by atoms with van der Waals surface area (Å²) in [5, 5.41) is 6.13. The van der Waals surface area contributed by atoms with Gasteiger partial charge in [-0.3, -0.25) is 9.59 Å². The van der Waals surface area contributed by atoms with Gasteiger partial charge in [0.15, 0.2) is 5.78 Å². The first-order chi connectivity index (χ1) is 13.5. The Labute approximate surface area is 164 Å². The van der Waals surface area contributed by atoms with Crippen molar-refractivity contribution in [2.75, 3.05) is 10.6 Å². The lowest BCUT2D eigenvalue weighted by molar-refractivity contribution is -0.114. The lowest BCUT2D eigenvalue weighted by Gasteiger charge is -2.15. The van der Waals surface area contributed by atoms with Crippen molar-refractivity contribution in [1.29, 1.82) is 0 Å². The summed E-state index contributed by atoms with van der Waals surface area (Å²) in [6.45, 7) is 3.38. The number of ketones is 1. The second-order valence-corrected chi connectivity index (χ2v) is 6.45. The first-order valence-electron chi connectivity index (χ1n) is 9.05. The Hall–Kier alpha value is -3.66. The minimum Gasteiger partial charge on any atom is -0.353 e. The molecule has 0 saturated heterocycles. The van der Waals surface area contributed by atoms with Crippen LogP contribution in [0.3, 0.4) is 0 Å². The largest absolute Gasteiger partial charge is 0.353 e. The maximum Gasteiger partial charge on any atom is 0.221 e. The molecule has 0 bridgehead atoms. The van der Waals surface area contributed by atoms with E-state index in [1.807, 2.05) is 85.8 Å². The molecule has 3 rings (SSSR count). The van der Waals surface area contributed by atoms with E-state index in [0.717, 1.165) is 11.1 Å². The van der Waals surface area contributed by atoms with Crippen LogP contribution >= 0.6 is 0 Å². The number of benzene rings is 3. The summed E-state index contributed by atoms with van der Waals surface area (Å²) in [6.07, 6.45) is 1.60. The molecule has 0 fully saturated rings. The van der Waals surface area contributed by atoms with Gasteiger partial charge in [-0.15, -0.1) is 0 Å². The molecule has 2 N–H and O–H groups in total. The molecular weight excluding hydrogens is 348 g/mol. The molecule has 0 heterocycles. The van der Waals surface area contributed by atoms with Gasteiger partial charge in [0.1, 0.15) is 0 Å². The van der Waals surface area contributed by atoms with Crippen LogP contribution in [0.1, 0.15) is 28.4 Å². The van der Waals surface area contributed by atoms with Crippen LogP contribution in [-0.2, 0) is 4.79 Å². The van der Waals surface area contributed by atoms with E-state index >= 15 is 0 Å². The van der Waals surface area contributed by atoms with Crippen molar-refractivity contribution < 1.29 is 9.59 Å². The Balaban J connectivity index is 2.01. The van der Waals surface area contributed by atoms with Gasteiger partial charge in [-0.2, -0.15) is 0 Å². The van der Waals surface area contributed by atoms with E-state index in [1.165, 1.54) is 6.92 Å². The summed E-state index contributed by atoms with van der Waals surface area (Å²) in [4.78, 5) is 24.4. The van der Waals surface area contributed by atoms with Gasteiger partial charge in [-0.1, -0.05) is 66.7 Å². The monoisotopic (exact) mass is 370 g/mol. The van der Waals surface area contributed by atoms with E-state index in [0.29, 0.717) is 22.6 Å². The topological polar surface area (TPSA) is 58.2 Å². The Morgan fingerprint density at radius 2 is 1.32 bits per heavy atom. The summed E-state index contributed by atoms with van der Waals surface area (Å²) < 4.78 is 0. The van der Waals surface area contributed by atoms with Crippen LogP contribution in [-0.4, -0.2) is 11.7 Å². The third-order valence-electron chi connectivity index (χ3n) is 4.28. The molecule has 0 aliphatic heterocycles. The first kappa shape index (κ1) is 19.1. The van der Waals surface area contributed by atoms with E-state index < -0.39 is 0 Å². The Morgan fingerprint density at radius 1 is 0.750 bits per heavy atom. The summed E-state index contributed by atoms with van der Waals surface area (Å²) in [7, 11) is 0. The molecule has 4 nitrogen and oxygen atoms in total. The maximum atomic E-state index is 12.9. The highest BCUT2D eigenvalue weighted by atomic mass is 16.1. The summed E-state index contributed by atoms with van der Waals surface area (Å²) in [5.74, 6) is -0.239. The smallest absolute Gasteiger partial charge is 0.221 e. The molecule has 0 atom stereocenters. The molecule has 0 saturated carbocycles. The molecule has 0 spiro atoms. The number of aryl methyl sites for hydroxylation is 1. The summed E-state index contributed by atoms with van der Waals surface area (Å²) >= 11 is 0. The van der Waals surface area contributed by atoms with Gasteiger partial charge in [0.05, 0.1) is 11.4 Å². The number of hydrogen-bond acceptors (Lipinski definition) is 3. The van der Waals surface area contributed by atoms with Crippen molar-refractivity contribution in [1.82, 2.24) is 0 Å². The highest BCUT2D eigenvalue weighted by molar-refractivity contribution is 6.10. The van der Waals surface area contributed by atoms with Gasteiger partial charge in [0, 0.05) is 24.3 Å². The molecule has 0 aromatic heterocycles. The van der Waals surface area contributed by atoms with Crippen molar-refractivity contribution in [2.45, 2.75) is 13.8 Å². The number of carbonyl (C=O) groups excluding carboxylic acids is 2. The zero-order valence-corrected chi connectivity index (χ0v) is 15.9. The standard InChI is InChI=1S/C24H22N2O2/c1-17-10-6-7-13-20(17)24(28)16-23(19-11-4-3-5-12-19)26-22-15-9-8-14-21(22)25-18(2)27/h3-16,26H,1-2H3,(H,25,27)/b23-16-. The van der Waals surface area contributed by atoms with Gasteiger partial charge in [0.25, 0.3) is 0 Å². The highest BCUT2D eigenvalue weighted by Gasteiger charge is 2.11. The second kappa shape index (κ2) is 8.82. The van der Waals surface area contributed by atoms with Crippen LogP contribution in [0.4, 0.5) is 11.4 Å². The van der Waals surface area contributed by atoms with Crippen LogP contribution in [0.25, 0.3) is 5.70 Å². The Bertz CT molecular complexity index is 1020. The molecule has 0 unspecified atom stereocenters. The number of rotatable bonds is 6. The predicted molar refractivity (Wildman–Crippen MR) is 114 cm³/mol. The van der Waals surface area contributed by atoms with Crippen LogP contribution in [0.5, 0.6) is 0 Å². The number of para-hydroxylation sites is 2. The van der Waals surface area contributed by atoms with Crippen molar-refractivity contribution in [3.63, 3.8) is 0 Å². The van der Waals surface area contributed by atoms with Crippen LogP contribution in [0, 0.1) is 6.92 Å². The Morgan fingerprint density at radius 3 is 1.96 bits per heavy atom. The average molecular weight is 370 g/mol.